The summed E-state index contributed by atoms with van der Waals surface area (Å²) >= 11 is 8.05. The zero-order chi connectivity index (χ0) is 15.1. The summed E-state index contributed by atoms with van der Waals surface area (Å²) in [6.07, 6.45) is 7.63. The number of pyridine rings is 1. The topological polar surface area (TPSA) is 24.9 Å². The van der Waals surface area contributed by atoms with Crippen LogP contribution in [0.2, 0.25) is 5.02 Å². The summed E-state index contributed by atoms with van der Waals surface area (Å²) < 4.78 is 0. The largest absolute Gasteiger partial charge is 0.310 e. The second-order valence-corrected chi connectivity index (χ2v) is 6.18. The molecule has 1 unspecified atom stereocenters. The molecule has 2 nitrogen and oxygen atoms in total. The zero-order valence-corrected chi connectivity index (χ0v) is 14.0. The predicted octanol–water partition coefficient (Wildman–Crippen LogP) is 4.74. The van der Waals surface area contributed by atoms with Gasteiger partial charge in [0.1, 0.15) is 0 Å². The first-order chi connectivity index (χ1) is 10.3. The van der Waals surface area contributed by atoms with E-state index in [1.54, 1.807) is 24.2 Å². The van der Waals surface area contributed by atoms with Crippen molar-refractivity contribution in [3.63, 3.8) is 0 Å². The van der Waals surface area contributed by atoms with Crippen molar-refractivity contribution in [3.05, 3.63) is 58.9 Å². The van der Waals surface area contributed by atoms with Gasteiger partial charge in [-0.3, -0.25) is 4.98 Å². The van der Waals surface area contributed by atoms with Crippen LogP contribution in [0, 0.1) is 0 Å². The molecule has 0 amide bonds. The fraction of sp³-hybridized carbons (Fsp3) is 0.353. The lowest BCUT2D eigenvalue weighted by Crippen LogP contribution is -2.24. The molecule has 1 N–H and O–H groups in total. The second-order valence-electron chi connectivity index (χ2n) is 4.92. The lowest BCUT2D eigenvalue weighted by molar-refractivity contribution is 0.522. The van der Waals surface area contributed by atoms with Crippen LogP contribution in [0.1, 0.15) is 30.5 Å². The highest BCUT2D eigenvalue weighted by Crippen LogP contribution is 2.29. The molecule has 2 rings (SSSR count). The summed E-state index contributed by atoms with van der Waals surface area (Å²) in [6, 6.07) is 10.8. The molecule has 4 heteroatoms. The quantitative estimate of drug-likeness (QED) is 0.746. The second kappa shape index (κ2) is 8.42. The highest BCUT2D eigenvalue weighted by molar-refractivity contribution is 7.98. The van der Waals surface area contributed by atoms with Gasteiger partial charge < -0.3 is 5.32 Å². The highest BCUT2D eigenvalue weighted by Gasteiger charge is 2.16. The van der Waals surface area contributed by atoms with Crippen LogP contribution in [0.4, 0.5) is 0 Å². The molecule has 0 spiro atoms. The first kappa shape index (κ1) is 16.3. The normalized spacial score (nSPS) is 12.3. The number of halogens is 1. The minimum atomic E-state index is 0.272. The minimum absolute atomic E-state index is 0.272. The number of thioether (sulfide) groups is 1. The lowest BCUT2D eigenvalue weighted by atomic mass is 9.99. The highest BCUT2D eigenvalue weighted by atomic mass is 35.5. The van der Waals surface area contributed by atoms with Gasteiger partial charge in [-0.2, -0.15) is 0 Å². The van der Waals surface area contributed by atoms with Crippen LogP contribution in [0.25, 0.3) is 0 Å². The molecule has 0 radical (unpaired) electrons. The Balaban J connectivity index is 2.28. The van der Waals surface area contributed by atoms with Crippen LogP contribution in [0.15, 0.2) is 47.6 Å². The van der Waals surface area contributed by atoms with Gasteiger partial charge in [0, 0.05) is 23.3 Å². The molecule has 0 aliphatic heterocycles. The summed E-state index contributed by atoms with van der Waals surface area (Å²) in [7, 11) is 0. The Labute approximate surface area is 136 Å². The number of nitrogens with one attached hydrogen (secondary N) is 1. The number of benzene rings is 1. The smallest absolute Gasteiger partial charge is 0.0622 e. The average molecular weight is 321 g/mol. The Morgan fingerprint density at radius 3 is 2.81 bits per heavy atom. The van der Waals surface area contributed by atoms with Gasteiger partial charge in [0.15, 0.2) is 0 Å². The fourth-order valence-corrected chi connectivity index (χ4v) is 3.21. The molecule has 0 bridgehead atoms. The van der Waals surface area contributed by atoms with E-state index in [4.69, 9.17) is 11.6 Å². The van der Waals surface area contributed by atoms with E-state index in [0.717, 1.165) is 30.0 Å². The number of aromatic nitrogens is 1. The summed E-state index contributed by atoms with van der Waals surface area (Å²) in [5.74, 6) is 0. The van der Waals surface area contributed by atoms with E-state index in [-0.39, 0.29) is 6.04 Å². The van der Waals surface area contributed by atoms with Crippen molar-refractivity contribution in [1.82, 2.24) is 10.3 Å². The third-order valence-corrected chi connectivity index (χ3v) is 4.59. The van der Waals surface area contributed by atoms with Gasteiger partial charge in [-0.05, 0) is 48.9 Å². The van der Waals surface area contributed by atoms with Gasteiger partial charge >= 0.3 is 0 Å². The van der Waals surface area contributed by atoms with E-state index in [1.165, 1.54) is 10.5 Å². The molecule has 1 aromatic carbocycles. The van der Waals surface area contributed by atoms with Crippen molar-refractivity contribution in [2.45, 2.75) is 30.7 Å². The number of hydrogen-bond donors (Lipinski definition) is 1. The molecular weight excluding hydrogens is 300 g/mol. The molecule has 1 heterocycles. The van der Waals surface area contributed by atoms with E-state index < -0.39 is 0 Å². The van der Waals surface area contributed by atoms with Crippen molar-refractivity contribution in [3.8, 4) is 0 Å². The SMILES string of the molecule is CCCNC(Cc1ccncc1Cl)c1ccccc1SC. The summed E-state index contributed by atoms with van der Waals surface area (Å²) in [6.45, 7) is 3.18. The zero-order valence-electron chi connectivity index (χ0n) is 12.5. The predicted molar refractivity (Wildman–Crippen MR) is 92.2 cm³/mol. The van der Waals surface area contributed by atoms with Crippen molar-refractivity contribution < 1.29 is 0 Å². The van der Waals surface area contributed by atoms with E-state index >= 15 is 0 Å². The lowest BCUT2D eigenvalue weighted by Gasteiger charge is -2.22. The van der Waals surface area contributed by atoms with Crippen LogP contribution in [-0.4, -0.2) is 17.8 Å². The van der Waals surface area contributed by atoms with E-state index in [2.05, 4.69) is 47.7 Å². The Morgan fingerprint density at radius 1 is 1.29 bits per heavy atom. The average Bonchev–Trinajstić information content (AvgIpc) is 2.53. The first-order valence-electron chi connectivity index (χ1n) is 7.21. The van der Waals surface area contributed by atoms with Gasteiger partial charge in [0.2, 0.25) is 0 Å². The maximum atomic E-state index is 6.27. The summed E-state index contributed by atoms with van der Waals surface area (Å²) in [5.41, 5.74) is 2.47. The monoisotopic (exact) mass is 320 g/mol. The first-order valence-corrected chi connectivity index (χ1v) is 8.81. The Morgan fingerprint density at radius 2 is 2.10 bits per heavy atom. The maximum absolute atomic E-state index is 6.27. The van der Waals surface area contributed by atoms with Crippen LogP contribution in [0.5, 0.6) is 0 Å². The van der Waals surface area contributed by atoms with Gasteiger partial charge in [-0.15, -0.1) is 11.8 Å². The maximum Gasteiger partial charge on any atom is 0.0622 e. The summed E-state index contributed by atoms with van der Waals surface area (Å²) in [4.78, 5) is 5.38. The third-order valence-electron chi connectivity index (χ3n) is 3.44. The molecule has 0 saturated heterocycles. The Hall–Kier alpha value is -1.03. The molecule has 0 fully saturated rings. The molecule has 112 valence electrons. The molecular formula is C17H21ClN2S. The fourth-order valence-electron chi connectivity index (χ4n) is 2.35. The Bertz CT molecular complexity index is 574. The molecule has 1 atom stereocenters. The van der Waals surface area contributed by atoms with Crippen LogP contribution >= 0.6 is 23.4 Å². The Kier molecular flexibility index (Phi) is 6.55. The van der Waals surface area contributed by atoms with Crippen LogP contribution in [-0.2, 0) is 6.42 Å². The van der Waals surface area contributed by atoms with Crippen molar-refractivity contribution in [2.24, 2.45) is 0 Å². The molecule has 0 aliphatic rings. The summed E-state index contributed by atoms with van der Waals surface area (Å²) in [5, 5.41) is 4.38. The minimum Gasteiger partial charge on any atom is -0.310 e. The molecule has 1 aromatic heterocycles. The molecule has 0 saturated carbocycles. The van der Waals surface area contributed by atoms with Crippen molar-refractivity contribution >= 4 is 23.4 Å². The van der Waals surface area contributed by atoms with E-state index in [0.29, 0.717) is 0 Å². The van der Waals surface area contributed by atoms with E-state index in [1.807, 2.05) is 6.07 Å². The van der Waals surface area contributed by atoms with Gasteiger partial charge in [-0.1, -0.05) is 36.7 Å². The van der Waals surface area contributed by atoms with Crippen LogP contribution < -0.4 is 5.32 Å². The van der Waals surface area contributed by atoms with Gasteiger partial charge in [0.25, 0.3) is 0 Å². The third kappa shape index (κ3) is 4.47. The molecule has 0 aliphatic carbocycles. The van der Waals surface area contributed by atoms with Crippen molar-refractivity contribution in [1.29, 1.82) is 0 Å². The number of nitrogens with zero attached hydrogens (tertiary/aromatic N) is 1. The van der Waals surface area contributed by atoms with Crippen molar-refractivity contribution in [2.75, 3.05) is 12.8 Å². The molecule has 21 heavy (non-hydrogen) atoms. The van der Waals surface area contributed by atoms with Gasteiger partial charge in [0.05, 0.1) is 5.02 Å². The van der Waals surface area contributed by atoms with E-state index in [9.17, 15) is 0 Å². The van der Waals surface area contributed by atoms with Gasteiger partial charge in [-0.25, -0.2) is 0 Å². The number of hydrogen-bond acceptors (Lipinski definition) is 3. The molecule has 2 aromatic rings. The number of rotatable bonds is 7. The van der Waals surface area contributed by atoms with Crippen LogP contribution in [0.3, 0.4) is 0 Å². The standard InChI is InChI=1S/C17H21ClN2S/c1-3-9-20-16(11-13-8-10-19-12-15(13)18)14-6-4-5-7-17(14)21-2/h4-8,10,12,16,20H,3,9,11H2,1-2H3.